The molecule has 0 aromatic rings. The molecule has 3 nitrogen and oxygen atoms in total. The van der Waals surface area contributed by atoms with Crippen LogP contribution in [0.4, 0.5) is 0 Å². The highest BCUT2D eigenvalue weighted by molar-refractivity contribution is 5.88. The second-order valence-electron chi connectivity index (χ2n) is 4.93. The van der Waals surface area contributed by atoms with Gasteiger partial charge in [0.15, 0.2) is 0 Å². The van der Waals surface area contributed by atoms with Crippen molar-refractivity contribution >= 4 is 5.91 Å². The van der Waals surface area contributed by atoms with Crippen molar-refractivity contribution in [2.45, 2.75) is 26.3 Å². The van der Waals surface area contributed by atoms with Crippen LogP contribution in [0.3, 0.4) is 0 Å². The molecule has 2 heterocycles. The molecule has 0 aromatic carbocycles. The van der Waals surface area contributed by atoms with Gasteiger partial charge < -0.3 is 10.2 Å². The van der Waals surface area contributed by atoms with E-state index in [-0.39, 0.29) is 5.91 Å². The smallest absolute Gasteiger partial charge is 0.246 e. The zero-order valence-corrected chi connectivity index (χ0v) is 10.7. The number of nitrogens with one attached hydrogen (secondary N) is 1. The summed E-state index contributed by atoms with van der Waals surface area (Å²) in [6, 6.07) is 0.428. The molecule has 94 valence electrons. The van der Waals surface area contributed by atoms with Crippen LogP contribution in [0, 0.1) is 11.8 Å². The van der Waals surface area contributed by atoms with Crippen molar-refractivity contribution < 1.29 is 4.79 Å². The molecule has 3 unspecified atom stereocenters. The van der Waals surface area contributed by atoms with Gasteiger partial charge in [0.05, 0.1) is 0 Å². The molecule has 2 rings (SSSR count). The van der Waals surface area contributed by atoms with Gasteiger partial charge in [-0.05, 0) is 25.2 Å². The SMILES string of the molecule is CC=CC=CC(=O)N1CC2CNCC2C1CC. The Bertz CT molecular complexity index is 335. The fourth-order valence-electron chi connectivity index (χ4n) is 3.14. The topological polar surface area (TPSA) is 32.3 Å². The number of likely N-dealkylation sites (tertiary alicyclic amines) is 1. The maximum Gasteiger partial charge on any atom is 0.246 e. The van der Waals surface area contributed by atoms with Crippen LogP contribution in [0.2, 0.25) is 0 Å². The largest absolute Gasteiger partial charge is 0.336 e. The van der Waals surface area contributed by atoms with Crippen LogP contribution >= 0.6 is 0 Å². The van der Waals surface area contributed by atoms with Crippen molar-refractivity contribution in [2.75, 3.05) is 19.6 Å². The third kappa shape index (κ3) is 2.44. The maximum absolute atomic E-state index is 12.1. The van der Waals surface area contributed by atoms with Crippen molar-refractivity contribution in [3.8, 4) is 0 Å². The first-order chi connectivity index (χ1) is 8.27. The number of rotatable bonds is 3. The molecule has 0 aliphatic carbocycles. The van der Waals surface area contributed by atoms with Gasteiger partial charge in [-0.15, -0.1) is 0 Å². The molecule has 17 heavy (non-hydrogen) atoms. The second kappa shape index (κ2) is 5.50. The van der Waals surface area contributed by atoms with E-state index in [1.807, 2.05) is 25.2 Å². The first-order valence-corrected chi connectivity index (χ1v) is 6.58. The van der Waals surface area contributed by atoms with Gasteiger partial charge in [-0.1, -0.05) is 25.2 Å². The average molecular weight is 234 g/mol. The summed E-state index contributed by atoms with van der Waals surface area (Å²) in [5.41, 5.74) is 0. The standard InChI is InChI=1S/C14H22N2O/c1-3-5-6-7-14(17)16-10-11-8-15-9-12(11)13(16)4-2/h3,5-7,11-13,15H,4,8-10H2,1-2H3. The molecular formula is C14H22N2O. The lowest BCUT2D eigenvalue weighted by atomic mass is 9.93. The van der Waals surface area contributed by atoms with E-state index in [0.29, 0.717) is 17.9 Å². The molecule has 1 N–H and O–H groups in total. The highest BCUT2D eigenvalue weighted by Gasteiger charge is 2.44. The molecule has 0 saturated carbocycles. The van der Waals surface area contributed by atoms with Crippen LogP contribution in [0.5, 0.6) is 0 Å². The lowest BCUT2D eigenvalue weighted by Gasteiger charge is -2.25. The number of hydrogen-bond donors (Lipinski definition) is 1. The maximum atomic E-state index is 12.1. The Balaban J connectivity index is 2.03. The highest BCUT2D eigenvalue weighted by Crippen LogP contribution is 2.34. The molecule has 0 aromatic heterocycles. The Morgan fingerprint density at radius 2 is 2.24 bits per heavy atom. The van der Waals surface area contributed by atoms with Crippen molar-refractivity contribution in [3.63, 3.8) is 0 Å². The minimum atomic E-state index is 0.171. The second-order valence-corrected chi connectivity index (χ2v) is 4.93. The summed E-state index contributed by atoms with van der Waals surface area (Å²) in [7, 11) is 0. The van der Waals surface area contributed by atoms with E-state index in [9.17, 15) is 4.79 Å². The predicted molar refractivity (Wildman–Crippen MR) is 69.6 cm³/mol. The van der Waals surface area contributed by atoms with Gasteiger partial charge >= 0.3 is 0 Å². The van der Waals surface area contributed by atoms with Crippen molar-refractivity contribution in [2.24, 2.45) is 11.8 Å². The van der Waals surface area contributed by atoms with E-state index in [1.165, 1.54) is 0 Å². The summed E-state index contributed by atoms with van der Waals surface area (Å²) in [6.45, 7) is 7.21. The van der Waals surface area contributed by atoms with Crippen LogP contribution in [-0.4, -0.2) is 36.5 Å². The van der Waals surface area contributed by atoms with Crippen molar-refractivity contribution in [1.82, 2.24) is 10.2 Å². The molecule has 1 amide bonds. The Labute approximate surface area is 104 Å². The van der Waals surface area contributed by atoms with Gasteiger partial charge in [0.25, 0.3) is 0 Å². The van der Waals surface area contributed by atoms with Crippen LogP contribution in [-0.2, 0) is 4.79 Å². The molecule has 3 heteroatoms. The van der Waals surface area contributed by atoms with E-state index < -0.39 is 0 Å². The zero-order chi connectivity index (χ0) is 12.3. The van der Waals surface area contributed by atoms with Crippen molar-refractivity contribution in [3.05, 3.63) is 24.3 Å². The number of amides is 1. The number of allylic oxidation sites excluding steroid dienone is 3. The van der Waals surface area contributed by atoms with Crippen LogP contribution < -0.4 is 5.32 Å². The number of nitrogens with zero attached hydrogens (tertiary/aromatic N) is 1. The third-order valence-corrected chi connectivity index (χ3v) is 3.96. The lowest BCUT2D eigenvalue weighted by Crippen LogP contribution is -2.38. The fourth-order valence-corrected chi connectivity index (χ4v) is 3.14. The molecule has 0 bridgehead atoms. The quantitative estimate of drug-likeness (QED) is 0.594. The van der Waals surface area contributed by atoms with E-state index >= 15 is 0 Å². The number of carbonyl (C=O) groups excluding carboxylic acids is 1. The predicted octanol–water partition coefficient (Wildman–Crippen LogP) is 1.58. The summed E-state index contributed by atoms with van der Waals surface area (Å²) in [4.78, 5) is 14.2. The number of carbonyl (C=O) groups is 1. The Morgan fingerprint density at radius 1 is 1.41 bits per heavy atom. The van der Waals surface area contributed by atoms with Gasteiger partial charge in [0.1, 0.15) is 0 Å². The summed E-state index contributed by atoms with van der Waals surface area (Å²) in [6.07, 6.45) is 8.42. The lowest BCUT2D eigenvalue weighted by molar-refractivity contribution is -0.127. The minimum absolute atomic E-state index is 0.171. The van der Waals surface area contributed by atoms with Gasteiger partial charge in [-0.25, -0.2) is 0 Å². The van der Waals surface area contributed by atoms with Gasteiger partial charge in [0.2, 0.25) is 5.91 Å². The Hall–Kier alpha value is -1.09. The highest BCUT2D eigenvalue weighted by atomic mass is 16.2. The van der Waals surface area contributed by atoms with Crippen LogP contribution in [0.15, 0.2) is 24.3 Å². The fraction of sp³-hybridized carbons (Fsp3) is 0.643. The van der Waals surface area contributed by atoms with E-state index in [4.69, 9.17) is 0 Å². The molecule has 2 aliphatic rings. The monoisotopic (exact) mass is 234 g/mol. The van der Waals surface area contributed by atoms with Crippen molar-refractivity contribution in [1.29, 1.82) is 0 Å². The first kappa shape index (κ1) is 12.4. The average Bonchev–Trinajstić information content (AvgIpc) is 2.88. The van der Waals surface area contributed by atoms with Gasteiger partial charge in [-0.2, -0.15) is 0 Å². The van der Waals surface area contributed by atoms with E-state index in [1.54, 1.807) is 6.08 Å². The summed E-state index contributed by atoms with van der Waals surface area (Å²) < 4.78 is 0. The molecule has 0 spiro atoms. The summed E-state index contributed by atoms with van der Waals surface area (Å²) in [5, 5.41) is 3.43. The van der Waals surface area contributed by atoms with E-state index in [2.05, 4.69) is 17.1 Å². The Morgan fingerprint density at radius 3 is 2.94 bits per heavy atom. The molecular weight excluding hydrogens is 212 g/mol. The molecule has 2 saturated heterocycles. The number of hydrogen-bond acceptors (Lipinski definition) is 2. The summed E-state index contributed by atoms with van der Waals surface area (Å²) in [5.74, 6) is 1.50. The minimum Gasteiger partial charge on any atom is -0.336 e. The van der Waals surface area contributed by atoms with E-state index in [0.717, 1.165) is 26.1 Å². The van der Waals surface area contributed by atoms with Gasteiger partial charge in [-0.3, -0.25) is 4.79 Å². The molecule has 3 atom stereocenters. The Kier molecular flexibility index (Phi) is 4.00. The third-order valence-electron chi connectivity index (χ3n) is 3.96. The normalized spacial score (nSPS) is 32.8. The summed E-state index contributed by atoms with van der Waals surface area (Å²) >= 11 is 0. The first-order valence-electron chi connectivity index (χ1n) is 6.58. The molecule has 2 aliphatic heterocycles. The molecule has 2 fully saturated rings. The van der Waals surface area contributed by atoms with Gasteiger partial charge in [0, 0.05) is 31.8 Å². The molecule has 0 radical (unpaired) electrons. The zero-order valence-electron chi connectivity index (χ0n) is 10.7. The van der Waals surface area contributed by atoms with Crippen LogP contribution in [0.25, 0.3) is 0 Å². The van der Waals surface area contributed by atoms with Crippen LogP contribution in [0.1, 0.15) is 20.3 Å². The number of fused-ring (bicyclic) bond motifs is 1.